The molecule has 0 spiro atoms. The normalized spacial score (nSPS) is 30.7. The summed E-state index contributed by atoms with van der Waals surface area (Å²) in [5.74, 6) is -4.75. The number of alkyl halides is 3. The molecule has 0 radical (unpaired) electrons. The highest BCUT2D eigenvalue weighted by atomic mass is 32.2. The number of nitrogens with zero attached hydrogens (tertiary/aromatic N) is 1. The van der Waals surface area contributed by atoms with E-state index in [-0.39, 0.29) is 48.6 Å². The number of aromatic nitrogens is 1. The van der Waals surface area contributed by atoms with E-state index in [9.17, 15) is 35.2 Å². The number of sulfonamides is 1. The number of nitrogens with one attached hydrogen (secondary N) is 1. The summed E-state index contributed by atoms with van der Waals surface area (Å²) in [4.78, 5) is 17.1. The number of amides is 1. The highest BCUT2D eigenvalue weighted by molar-refractivity contribution is 7.89. The molecule has 1 amide bonds. The van der Waals surface area contributed by atoms with E-state index in [1.165, 1.54) is 25.4 Å². The number of hydrogen-bond acceptors (Lipinski definition) is 5. The number of pyridine rings is 1. The molecule has 0 aliphatic heterocycles. The second kappa shape index (κ2) is 8.87. The Bertz CT molecular complexity index is 1380. The predicted molar refractivity (Wildman–Crippen MR) is 125 cm³/mol. The van der Waals surface area contributed by atoms with E-state index in [1.807, 2.05) is 0 Å². The van der Waals surface area contributed by atoms with E-state index in [4.69, 9.17) is 9.88 Å². The van der Waals surface area contributed by atoms with Crippen molar-refractivity contribution in [2.45, 2.75) is 55.6 Å². The van der Waals surface area contributed by atoms with Gasteiger partial charge in [0.25, 0.3) is 10.0 Å². The molecule has 2 aromatic rings. The molecule has 4 fully saturated rings. The van der Waals surface area contributed by atoms with Crippen LogP contribution in [-0.4, -0.2) is 32.6 Å². The van der Waals surface area contributed by atoms with Gasteiger partial charge in [-0.3, -0.25) is 4.79 Å². The summed E-state index contributed by atoms with van der Waals surface area (Å²) >= 11 is 0. The fourth-order valence-corrected chi connectivity index (χ4v) is 7.41. The first kappa shape index (κ1) is 26.8. The number of carbonyl (C=O) groups excluding carboxylic acids is 1. The van der Waals surface area contributed by atoms with Gasteiger partial charge in [0.15, 0.2) is 16.6 Å². The summed E-state index contributed by atoms with van der Waals surface area (Å²) in [6.07, 6.45) is -1.88. The molecular weight excluding hydrogens is 533 g/mol. The fraction of sp³-hybridized carbons (Fsp3) is 0.520. The lowest BCUT2D eigenvalue weighted by molar-refractivity contribution is -0.378. The van der Waals surface area contributed by atoms with Crippen molar-refractivity contribution >= 4 is 21.6 Å². The van der Waals surface area contributed by atoms with E-state index < -0.39 is 61.4 Å². The number of nitrogens with two attached hydrogens (primary N) is 1. The average molecular weight is 560 g/mol. The van der Waals surface area contributed by atoms with Gasteiger partial charge < -0.3 is 10.1 Å². The van der Waals surface area contributed by atoms with Gasteiger partial charge in [0.05, 0.1) is 12.5 Å². The Kier molecular flexibility index (Phi) is 6.25. The fourth-order valence-electron chi connectivity index (χ4n) is 6.91. The first-order valence-electron chi connectivity index (χ1n) is 12.1. The van der Waals surface area contributed by atoms with Gasteiger partial charge >= 0.3 is 6.18 Å². The number of primary sulfonamides is 1. The second-order valence-electron chi connectivity index (χ2n) is 10.8. The first-order valence-corrected chi connectivity index (χ1v) is 13.6. The molecule has 38 heavy (non-hydrogen) atoms. The number of anilines is 1. The molecule has 2 unspecified atom stereocenters. The molecule has 3 N–H and O–H groups in total. The van der Waals surface area contributed by atoms with Crippen LogP contribution >= 0.6 is 0 Å². The Morgan fingerprint density at radius 3 is 2.45 bits per heavy atom. The minimum absolute atomic E-state index is 0.0417. The van der Waals surface area contributed by atoms with E-state index in [2.05, 4.69) is 10.3 Å². The Morgan fingerprint density at radius 2 is 1.84 bits per heavy atom. The lowest BCUT2D eigenvalue weighted by atomic mass is 9.30. The summed E-state index contributed by atoms with van der Waals surface area (Å²) in [6, 6.07) is 4.76. The molecule has 1 aromatic carbocycles. The maximum Gasteiger partial charge on any atom is 0.394 e. The molecule has 4 saturated carbocycles. The predicted octanol–water partition coefficient (Wildman–Crippen LogP) is 4.89. The third kappa shape index (κ3) is 4.23. The molecule has 6 rings (SSSR count). The summed E-state index contributed by atoms with van der Waals surface area (Å²) in [5, 5.41) is 7.32. The van der Waals surface area contributed by atoms with E-state index >= 15 is 0 Å². The van der Waals surface area contributed by atoms with Gasteiger partial charge in [0.1, 0.15) is 0 Å². The smallest absolute Gasteiger partial charge is 0.394 e. The van der Waals surface area contributed by atoms with E-state index in [0.29, 0.717) is 12.8 Å². The van der Waals surface area contributed by atoms with Crippen LogP contribution in [0.2, 0.25) is 0 Å². The lowest BCUT2D eigenvalue weighted by Gasteiger charge is -2.74. The summed E-state index contributed by atoms with van der Waals surface area (Å²) < 4.78 is 97.5. The van der Waals surface area contributed by atoms with Gasteiger partial charge in [-0.25, -0.2) is 22.9 Å². The summed E-state index contributed by atoms with van der Waals surface area (Å²) in [6.45, 7) is 0. The number of carbonyl (C=O) groups is 1. The minimum atomic E-state index is -4.26. The first-order chi connectivity index (χ1) is 17.7. The van der Waals surface area contributed by atoms with Crippen LogP contribution in [0.5, 0.6) is 5.75 Å². The van der Waals surface area contributed by atoms with Crippen molar-refractivity contribution in [2.24, 2.45) is 27.8 Å². The molecule has 4 aliphatic rings. The largest absolute Gasteiger partial charge is 0.493 e. The third-order valence-electron chi connectivity index (χ3n) is 8.70. The quantitative estimate of drug-likeness (QED) is 0.490. The van der Waals surface area contributed by atoms with Crippen LogP contribution < -0.4 is 15.2 Å². The molecule has 7 nitrogen and oxygen atoms in total. The molecular formula is C25H26F5N3O4S. The van der Waals surface area contributed by atoms with Gasteiger partial charge in [-0.05, 0) is 67.9 Å². The van der Waals surface area contributed by atoms with Gasteiger partial charge in [-0.2, -0.15) is 17.6 Å². The molecule has 2 bridgehead atoms. The highest BCUT2D eigenvalue weighted by Gasteiger charge is 2.79. The van der Waals surface area contributed by atoms with Gasteiger partial charge in [0, 0.05) is 29.4 Å². The minimum Gasteiger partial charge on any atom is -0.493 e. The number of ether oxygens (including phenoxy) is 1. The van der Waals surface area contributed by atoms with Crippen molar-refractivity contribution in [3.8, 4) is 5.75 Å². The standard InChI is InChI=1S/C25H26F5N3O4S/c1-37-21-15(4-5-18(26)20(21)27)17-8-13(23-10-24(11-23,12-23)25(28,29)30)2-3-16(17)22(34)33-14-6-7-32-19(9-14)38(31,35)36/h4-7,9,13,16-17H,2-3,8,10-12H2,1H3,(H2,31,35,36)(H,32,33,34)/t13?,16?,17-,23?,24?/m0/s1. The van der Waals surface area contributed by atoms with Crippen molar-refractivity contribution in [2.75, 3.05) is 12.4 Å². The molecule has 1 aromatic heterocycles. The molecule has 13 heteroatoms. The van der Waals surface area contributed by atoms with Crippen LogP contribution in [0.1, 0.15) is 50.0 Å². The number of hydrogen-bond donors (Lipinski definition) is 2. The zero-order valence-corrected chi connectivity index (χ0v) is 21.1. The maximum absolute atomic E-state index is 14.6. The maximum atomic E-state index is 14.6. The average Bonchev–Trinajstić information content (AvgIpc) is 2.77. The van der Waals surface area contributed by atoms with Crippen molar-refractivity contribution < 1.29 is 39.9 Å². The van der Waals surface area contributed by atoms with Crippen LogP contribution in [0, 0.1) is 34.3 Å². The Hall–Kier alpha value is -2.80. The van der Waals surface area contributed by atoms with Gasteiger partial charge in [-0.15, -0.1) is 0 Å². The van der Waals surface area contributed by atoms with Crippen LogP contribution in [0.3, 0.4) is 0 Å². The second-order valence-corrected chi connectivity index (χ2v) is 12.3. The van der Waals surface area contributed by atoms with Crippen LogP contribution in [0.15, 0.2) is 35.5 Å². The number of halogens is 5. The monoisotopic (exact) mass is 559 g/mol. The summed E-state index contributed by atoms with van der Waals surface area (Å²) in [5.41, 5.74) is -1.72. The molecule has 4 aliphatic carbocycles. The van der Waals surface area contributed by atoms with Crippen LogP contribution in [0.25, 0.3) is 0 Å². The number of benzene rings is 1. The Morgan fingerprint density at radius 1 is 1.16 bits per heavy atom. The number of methoxy groups -OCH3 is 1. The molecule has 0 saturated heterocycles. The number of rotatable bonds is 6. The van der Waals surface area contributed by atoms with Crippen molar-refractivity contribution in [3.63, 3.8) is 0 Å². The van der Waals surface area contributed by atoms with Gasteiger partial charge in [-0.1, -0.05) is 6.07 Å². The van der Waals surface area contributed by atoms with E-state index in [1.54, 1.807) is 0 Å². The SMILES string of the molecule is COc1c([C@@H]2CC(C34CC(C(F)(F)F)(C3)C4)CCC2C(=O)Nc2ccnc(S(N)(=O)=O)c2)ccc(F)c1F. The Labute approximate surface area is 216 Å². The zero-order valence-electron chi connectivity index (χ0n) is 20.3. The Balaban J connectivity index is 1.44. The van der Waals surface area contributed by atoms with Crippen LogP contribution in [0.4, 0.5) is 27.6 Å². The zero-order chi connectivity index (χ0) is 27.7. The summed E-state index contributed by atoms with van der Waals surface area (Å²) in [7, 11) is -2.95. The van der Waals surface area contributed by atoms with Crippen molar-refractivity contribution in [1.82, 2.24) is 4.98 Å². The molecule has 3 atom stereocenters. The van der Waals surface area contributed by atoms with Crippen molar-refractivity contribution in [3.05, 3.63) is 47.7 Å². The third-order valence-corrected chi connectivity index (χ3v) is 9.51. The lowest BCUT2D eigenvalue weighted by Crippen LogP contribution is -2.70. The van der Waals surface area contributed by atoms with Crippen LogP contribution in [-0.2, 0) is 14.8 Å². The highest BCUT2D eigenvalue weighted by Crippen LogP contribution is 2.82. The van der Waals surface area contributed by atoms with Gasteiger partial charge in [0.2, 0.25) is 11.7 Å². The molecule has 206 valence electrons. The topological polar surface area (TPSA) is 111 Å². The van der Waals surface area contributed by atoms with Crippen molar-refractivity contribution in [1.29, 1.82) is 0 Å². The molecule has 1 heterocycles. The van der Waals surface area contributed by atoms with E-state index in [0.717, 1.165) is 12.1 Å².